The van der Waals surface area contributed by atoms with Gasteiger partial charge in [0.1, 0.15) is 5.75 Å². The Balaban J connectivity index is 1.76. The van der Waals surface area contributed by atoms with E-state index in [-0.39, 0.29) is 16.8 Å². The normalized spacial score (nSPS) is 18.1. The monoisotopic (exact) mass is 390 g/mol. The lowest BCUT2D eigenvalue weighted by molar-refractivity contribution is 0.0393. The fourth-order valence-corrected chi connectivity index (χ4v) is 4.55. The lowest BCUT2D eigenvalue weighted by atomic mass is 10.2. The second kappa shape index (κ2) is 8.08. The van der Waals surface area contributed by atoms with Crippen LogP contribution in [-0.4, -0.2) is 51.5 Å². The van der Waals surface area contributed by atoms with Crippen molar-refractivity contribution in [2.45, 2.75) is 17.9 Å². The first-order valence-corrected chi connectivity index (χ1v) is 10.0. The fourth-order valence-electron chi connectivity index (χ4n) is 2.95. The summed E-state index contributed by atoms with van der Waals surface area (Å²) in [7, 11) is -2.10. The van der Waals surface area contributed by atoms with Gasteiger partial charge in [0.15, 0.2) is 0 Å². The average Bonchev–Trinajstić information content (AvgIpc) is 2.68. The minimum Gasteiger partial charge on any atom is -0.496 e. The van der Waals surface area contributed by atoms with E-state index in [0.717, 1.165) is 0 Å². The van der Waals surface area contributed by atoms with Gasteiger partial charge in [0.25, 0.3) is 5.91 Å². The van der Waals surface area contributed by atoms with Crippen LogP contribution in [0.1, 0.15) is 17.3 Å². The molecule has 1 atom stereocenters. The molecule has 1 amide bonds. The van der Waals surface area contributed by atoms with Crippen LogP contribution in [0.2, 0.25) is 0 Å². The number of rotatable bonds is 5. The van der Waals surface area contributed by atoms with Crippen LogP contribution in [-0.2, 0) is 14.8 Å². The molecule has 27 heavy (non-hydrogen) atoms. The lowest BCUT2D eigenvalue weighted by Gasteiger charge is -2.32. The molecule has 7 nitrogen and oxygen atoms in total. The highest BCUT2D eigenvalue weighted by atomic mass is 32.2. The summed E-state index contributed by atoms with van der Waals surface area (Å²) >= 11 is 0. The molecule has 0 spiro atoms. The minimum absolute atomic E-state index is 0.187. The van der Waals surface area contributed by atoms with Crippen molar-refractivity contribution < 1.29 is 22.7 Å². The zero-order valence-corrected chi connectivity index (χ0v) is 16.0. The Morgan fingerprint density at radius 2 is 1.89 bits per heavy atom. The summed E-state index contributed by atoms with van der Waals surface area (Å²) in [5, 5.41) is 2.75. The van der Waals surface area contributed by atoms with Crippen molar-refractivity contribution in [1.82, 2.24) is 4.31 Å². The van der Waals surface area contributed by atoms with Gasteiger partial charge < -0.3 is 14.8 Å². The first-order valence-electron chi connectivity index (χ1n) is 8.57. The van der Waals surface area contributed by atoms with E-state index in [2.05, 4.69) is 5.32 Å². The van der Waals surface area contributed by atoms with E-state index in [0.29, 0.717) is 36.8 Å². The summed E-state index contributed by atoms with van der Waals surface area (Å²) in [4.78, 5) is 12.6. The maximum absolute atomic E-state index is 12.8. The maximum atomic E-state index is 12.8. The van der Waals surface area contributed by atoms with Crippen molar-refractivity contribution in [2.24, 2.45) is 0 Å². The van der Waals surface area contributed by atoms with E-state index in [1.807, 2.05) is 6.92 Å². The number of ether oxygens (including phenoxy) is 2. The van der Waals surface area contributed by atoms with Crippen LogP contribution in [0.3, 0.4) is 0 Å². The highest BCUT2D eigenvalue weighted by Crippen LogP contribution is 2.23. The molecule has 0 saturated carbocycles. The van der Waals surface area contributed by atoms with Crippen molar-refractivity contribution in [3.63, 3.8) is 0 Å². The summed E-state index contributed by atoms with van der Waals surface area (Å²) in [6, 6.07) is 12.8. The Morgan fingerprint density at radius 3 is 2.56 bits per heavy atom. The quantitative estimate of drug-likeness (QED) is 0.847. The van der Waals surface area contributed by atoms with E-state index in [4.69, 9.17) is 9.47 Å². The van der Waals surface area contributed by atoms with Crippen LogP contribution < -0.4 is 10.1 Å². The van der Waals surface area contributed by atoms with Crippen LogP contribution in [0.5, 0.6) is 5.75 Å². The summed E-state index contributed by atoms with van der Waals surface area (Å²) in [5.41, 5.74) is 0.902. The smallest absolute Gasteiger partial charge is 0.259 e. The van der Waals surface area contributed by atoms with Gasteiger partial charge in [0.2, 0.25) is 10.0 Å². The number of morpholine rings is 1. The van der Waals surface area contributed by atoms with Gasteiger partial charge in [-0.15, -0.1) is 0 Å². The van der Waals surface area contributed by atoms with E-state index >= 15 is 0 Å². The van der Waals surface area contributed by atoms with Gasteiger partial charge in [0, 0.05) is 18.3 Å². The van der Waals surface area contributed by atoms with E-state index in [1.54, 1.807) is 36.4 Å². The molecule has 0 bridgehead atoms. The summed E-state index contributed by atoms with van der Waals surface area (Å²) < 4.78 is 37.5. The number of hydrogen-bond donors (Lipinski definition) is 1. The summed E-state index contributed by atoms with van der Waals surface area (Å²) in [5.74, 6) is 0.139. The molecule has 8 heteroatoms. The number of methoxy groups -OCH3 is 1. The fraction of sp³-hybridized carbons (Fsp3) is 0.316. The molecule has 1 N–H and O–H groups in total. The molecular weight excluding hydrogens is 368 g/mol. The number of anilines is 1. The first kappa shape index (κ1) is 19.3. The molecule has 1 aliphatic heterocycles. The number of hydrogen-bond acceptors (Lipinski definition) is 5. The first-order chi connectivity index (χ1) is 12.9. The molecule has 0 aliphatic carbocycles. The number of para-hydroxylation sites is 1. The maximum Gasteiger partial charge on any atom is 0.259 e. The average molecular weight is 390 g/mol. The SMILES string of the molecule is COc1ccccc1C(=O)Nc1ccc(S(=O)(=O)N2CCOCC2C)cc1. The van der Waals surface area contributed by atoms with Gasteiger partial charge in [-0.2, -0.15) is 4.31 Å². The Kier molecular flexibility index (Phi) is 5.79. The number of amides is 1. The predicted octanol–water partition coefficient (Wildman–Crippen LogP) is 2.36. The molecule has 1 fully saturated rings. The zero-order chi connectivity index (χ0) is 19.4. The zero-order valence-electron chi connectivity index (χ0n) is 15.2. The van der Waals surface area contributed by atoms with Crippen molar-refractivity contribution in [2.75, 3.05) is 32.2 Å². The molecule has 1 saturated heterocycles. The van der Waals surface area contributed by atoms with Crippen molar-refractivity contribution in [3.05, 3.63) is 54.1 Å². The highest BCUT2D eigenvalue weighted by Gasteiger charge is 2.31. The van der Waals surface area contributed by atoms with Crippen LogP contribution in [0.25, 0.3) is 0 Å². The van der Waals surface area contributed by atoms with Crippen molar-refractivity contribution in [1.29, 1.82) is 0 Å². The third-order valence-electron chi connectivity index (χ3n) is 4.38. The molecule has 1 aliphatic rings. The molecular formula is C19H22N2O5S. The van der Waals surface area contributed by atoms with Gasteiger partial charge in [-0.1, -0.05) is 12.1 Å². The second-order valence-corrected chi connectivity index (χ2v) is 8.11. The van der Waals surface area contributed by atoms with Gasteiger partial charge in [-0.05, 0) is 43.3 Å². The molecule has 2 aromatic carbocycles. The van der Waals surface area contributed by atoms with E-state index < -0.39 is 10.0 Å². The largest absolute Gasteiger partial charge is 0.496 e. The van der Waals surface area contributed by atoms with Gasteiger partial charge in [0.05, 0.1) is 30.8 Å². The van der Waals surface area contributed by atoms with Crippen LogP contribution in [0.4, 0.5) is 5.69 Å². The van der Waals surface area contributed by atoms with Crippen molar-refractivity contribution in [3.8, 4) is 5.75 Å². The molecule has 3 rings (SSSR count). The lowest BCUT2D eigenvalue weighted by Crippen LogP contribution is -2.46. The molecule has 2 aromatic rings. The van der Waals surface area contributed by atoms with Crippen molar-refractivity contribution >= 4 is 21.6 Å². The number of carbonyl (C=O) groups excluding carboxylic acids is 1. The molecule has 0 aromatic heterocycles. The van der Waals surface area contributed by atoms with E-state index in [1.165, 1.54) is 23.5 Å². The standard InChI is InChI=1S/C19H22N2O5S/c1-14-13-26-12-11-21(14)27(23,24)16-9-7-15(8-10-16)20-19(22)17-5-3-4-6-18(17)25-2/h3-10,14H,11-13H2,1-2H3,(H,20,22). The highest BCUT2D eigenvalue weighted by molar-refractivity contribution is 7.89. The van der Waals surface area contributed by atoms with Gasteiger partial charge >= 0.3 is 0 Å². The third-order valence-corrected chi connectivity index (χ3v) is 6.40. The number of nitrogens with one attached hydrogen (secondary N) is 1. The number of sulfonamides is 1. The Morgan fingerprint density at radius 1 is 1.19 bits per heavy atom. The van der Waals surface area contributed by atoms with E-state index in [9.17, 15) is 13.2 Å². The van der Waals surface area contributed by atoms with Gasteiger partial charge in [-0.25, -0.2) is 8.42 Å². The molecule has 0 radical (unpaired) electrons. The Bertz CT molecular complexity index is 912. The summed E-state index contributed by atoms with van der Waals surface area (Å²) in [6.07, 6.45) is 0. The second-order valence-electron chi connectivity index (χ2n) is 6.22. The van der Waals surface area contributed by atoms with Gasteiger partial charge in [-0.3, -0.25) is 4.79 Å². The Hall–Kier alpha value is -2.42. The van der Waals surface area contributed by atoms with Crippen LogP contribution in [0, 0.1) is 0 Å². The number of benzene rings is 2. The van der Waals surface area contributed by atoms with Crippen LogP contribution in [0.15, 0.2) is 53.4 Å². The number of carbonyl (C=O) groups is 1. The summed E-state index contributed by atoms with van der Waals surface area (Å²) in [6.45, 7) is 2.91. The topological polar surface area (TPSA) is 84.9 Å². The Labute approximate surface area is 158 Å². The molecule has 144 valence electrons. The molecule has 1 heterocycles. The van der Waals surface area contributed by atoms with Crippen LogP contribution >= 0.6 is 0 Å². The predicted molar refractivity (Wildman–Crippen MR) is 102 cm³/mol. The molecule has 1 unspecified atom stereocenters. The minimum atomic E-state index is -3.60. The third kappa shape index (κ3) is 4.13. The number of nitrogens with zero attached hydrogens (tertiary/aromatic N) is 1.